The van der Waals surface area contributed by atoms with Crippen molar-refractivity contribution in [3.63, 3.8) is 0 Å². The van der Waals surface area contributed by atoms with E-state index in [0.29, 0.717) is 23.7 Å². The van der Waals surface area contributed by atoms with Crippen LogP contribution in [0, 0.1) is 11.7 Å². The summed E-state index contributed by atoms with van der Waals surface area (Å²) < 4.78 is 13.3. The SMILES string of the molecule is O=C1C(=O)N(CC2CCCCC2)c2cc(F)ccc21. The van der Waals surface area contributed by atoms with Gasteiger partial charge in [0.05, 0.1) is 11.3 Å². The van der Waals surface area contributed by atoms with Gasteiger partial charge >= 0.3 is 0 Å². The van der Waals surface area contributed by atoms with Gasteiger partial charge in [0.2, 0.25) is 0 Å². The Hall–Kier alpha value is -1.71. The maximum atomic E-state index is 13.3. The molecule has 0 radical (unpaired) electrons. The van der Waals surface area contributed by atoms with E-state index in [0.717, 1.165) is 12.8 Å². The Morgan fingerprint density at radius 1 is 1.16 bits per heavy atom. The van der Waals surface area contributed by atoms with Gasteiger partial charge in [-0.25, -0.2) is 4.39 Å². The molecule has 3 nitrogen and oxygen atoms in total. The normalized spacial score (nSPS) is 19.9. The number of anilines is 1. The van der Waals surface area contributed by atoms with Crippen molar-refractivity contribution in [2.45, 2.75) is 32.1 Å². The topological polar surface area (TPSA) is 37.4 Å². The molecule has 0 atom stereocenters. The smallest absolute Gasteiger partial charge is 0.299 e. The van der Waals surface area contributed by atoms with E-state index in [-0.39, 0.29) is 0 Å². The summed E-state index contributed by atoms with van der Waals surface area (Å²) in [6.45, 7) is 0.543. The average Bonchev–Trinajstić information content (AvgIpc) is 2.65. The van der Waals surface area contributed by atoms with Crippen molar-refractivity contribution < 1.29 is 14.0 Å². The number of nitrogens with zero attached hydrogens (tertiary/aromatic N) is 1. The summed E-state index contributed by atoms with van der Waals surface area (Å²) in [6.07, 6.45) is 5.77. The second-order valence-electron chi connectivity index (χ2n) is 5.41. The van der Waals surface area contributed by atoms with E-state index in [2.05, 4.69) is 0 Å². The van der Waals surface area contributed by atoms with Crippen molar-refractivity contribution in [3.05, 3.63) is 29.6 Å². The van der Waals surface area contributed by atoms with E-state index < -0.39 is 17.5 Å². The van der Waals surface area contributed by atoms with E-state index in [4.69, 9.17) is 0 Å². The summed E-state index contributed by atoms with van der Waals surface area (Å²) in [4.78, 5) is 25.3. The van der Waals surface area contributed by atoms with E-state index in [1.165, 1.54) is 42.4 Å². The molecule has 2 aliphatic rings. The molecular weight excluding hydrogens is 245 g/mol. The van der Waals surface area contributed by atoms with Crippen molar-refractivity contribution >= 4 is 17.4 Å². The minimum Gasteiger partial charge on any atom is -0.304 e. The lowest BCUT2D eigenvalue weighted by Crippen LogP contribution is -2.35. The summed E-state index contributed by atoms with van der Waals surface area (Å²) in [6, 6.07) is 3.93. The Balaban J connectivity index is 1.87. The lowest BCUT2D eigenvalue weighted by Gasteiger charge is -2.26. The summed E-state index contributed by atoms with van der Waals surface area (Å²) >= 11 is 0. The summed E-state index contributed by atoms with van der Waals surface area (Å²) in [5.74, 6) is -0.994. The van der Waals surface area contributed by atoms with Gasteiger partial charge in [-0.2, -0.15) is 0 Å². The van der Waals surface area contributed by atoms with Crippen molar-refractivity contribution in [2.75, 3.05) is 11.4 Å². The maximum Gasteiger partial charge on any atom is 0.299 e. The first-order chi connectivity index (χ1) is 9.16. The molecule has 0 spiro atoms. The van der Waals surface area contributed by atoms with E-state index in [9.17, 15) is 14.0 Å². The first-order valence-electron chi connectivity index (χ1n) is 6.82. The fourth-order valence-electron chi connectivity index (χ4n) is 3.08. The number of carbonyl (C=O) groups is 2. The Morgan fingerprint density at radius 3 is 2.63 bits per heavy atom. The third-order valence-corrected chi connectivity index (χ3v) is 4.10. The lowest BCUT2D eigenvalue weighted by atomic mass is 9.89. The van der Waals surface area contributed by atoms with Gasteiger partial charge in [0.25, 0.3) is 11.7 Å². The van der Waals surface area contributed by atoms with Gasteiger partial charge in [0.1, 0.15) is 5.82 Å². The molecule has 19 heavy (non-hydrogen) atoms. The molecular formula is C15H16FNO2. The minimum atomic E-state index is -0.509. The first kappa shape index (κ1) is 12.3. The summed E-state index contributed by atoms with van der Waals surface area (Å²) in [7, 11) is 0. The molecule has 1 aromatic rings. The predicted octanol–water partition coefficient (Wildman–Crippen LogP) is 2.94. The Labute approximate surface area is 111 Å². The second-order valence-corrected chi connectivity index (χ2v) is 5.41. The highest BCUT2D eigenvalue weighted by Crippen LogP contribution is 2.33. The largest absolute Gasteiger partial charge is 0.304 e. The minimum absolute atomic E-state index is 0.335. The fourth-order valence-corrected chi connectivity index (χ4v) is 3.08. The van der Waals surface area contributed by atoms with Crippen LogP contribution in [0.15, 0.2) is 18.2 Å². The van der Waals surface area contributed by atoms with Crippen LogP contribution < -0.4 is 4.90 Å². The average molecular weight is 261 g/mol. The van der Waals surface area contributed by atoms with Gasteiger partial charge in [0.15, 0.2) is 0 Å². The third-order valence-electron chi connectivity index (χ3n) is 4.10. The van der Waals surface area contributed by atoms with Crippen LogP contribution >= 0.6 is 0 Å². The van der Waals surface area contributed by atoms with Gasteiger partial charge in [-0.1, -0.05) is 19.3 Å². The van der Waals surface area contributed by atoms with Crippen LogP contribution in [0.5, 0.6) is 0 Å². The highest BCUT2D eigenvalue weighted by molar-refractivity contribution is 6.52. The number of fused-ring (bicyclic) bond motifs is 1. The number of carbonyl (C=O) groups excluding carboxylic acids is 2. The van der Waals surface area contributed by atoms with E-state index in [1.807, 2.05) is 0 Å². The lowest BCUT2D eigenvalue weighted by molar-refractivity contribution is -0.114. The molecule has 0 unspecified atom stereocenters. The number of hydrogen-bond donors (Lipinski definition) is 0. The molecule has 1 saturated carbocycles. The Morgan fingerprint density at radius 2 is 1.89 bits per heavy atom. The quantitative estimate of drug-likeness (QED) is 0.768. The number of ketones is 1. The standard InChI is InChI=1S/C15H16FNO2/c16-11-6-7-12-13(8-11)17(15(19)14(12)18)9-10-4-2-1-3-5-10/h6-8,10H,1-5,9H2. The van der Waals surface area contributed by atoms with Crippen LogP contribution in [0.3, 0.4) is 0 Å². The number of halogens is 1. The number of hydrogen-bond acceptors (Lipinski definition) is 2. The molecule has 100 valence electrons. The molecule has 0 bridgehead atoms. The maximum absolute atomic E-state index is 13.3. The van der Waals surface area contributed by atoms with E-state index in [1.54, 1.807) is 0 Å². The highest BCUT2D eigenvalue weighted by Gasteiger charge is 2.37. The summed E-state index contributed by atoms with van der Waals surface area (Å²) in [5, 5.41) is 0. The van der Waals surface area contributed by atoms with Gasteiger partial charge in [-0.3, -0.25) is 9.59 Å². The van der Waals surface area contributed by atoms with Crippen LogP contribution in [0.25, 0.3) is 0 Å². The molecule has 1 fully saturated rings. The van der Waals surface area contributed by atoms with Crippen molar-refractivity contribution in [3.8, 4) is 0 Å². The van der Waals surface area contributed by atoms with Crippen LogP contribution in [0.4, 0.5) is 10.1 Å². The van der Waals surface area contributed by atoms with E-state index >= 15 is 0 Å². The van der Waals surface area contributed by atoms with Crippen LogP contribution in [0.1, 0.15) is 42.5 Å². The molecule has 1 aliphatic carbocycles. The number of amides is 1. The number of benzene rings is 1. The Kier molecular flexibility index (Phi) is 3.09. The zero-order chi connectivity index (χ0) is 13.4. The van der Waals surface area contributed by atoms with Crippen molar-refractivity contribution in [1.29, 1.82) is 0 Å². The van der Waals surface area contributed by atoms with Crippen molar-refractivity contribution in [1.82, 2.24) is 0 Å². The zero-order valence-electron chi connectivity index (χ0n) is 10.7. The van der Waals surface area contributed by atoms with Gasteiger partial charge in [-0.15, -0.1) is 0 Å². The third kappa shape index (κ3) is 2.15. The molecule has 0 saturated heterocycles. The Bertz CT molecular complexity index is 535. The van der Waals surface area contributed by atoms with Crippen LogP contribution in [-0.4, -0.2) is 18.2 Å². The fraction of sp³-hybridized carbons (Fsp3) is 0.467. The highest BCUT2D eigenvalue weighted by atomic mass is 19.1. The molecule has 3 rings (SSSR count). The number of rotatable bonds is 2. The molecule has 1 heterocycles. The van der Waals surface area contributed by atoms with Crippen molar-refractivity contribution in [2.24, 2.45) is 5.92 Å². The van der Waals surface area contributed by atoms with Crippen LogP contribution in [-0.2, 0) is 4.79 Å². The molecule has 0 aromatic heterocycles. The molecule has 4 heteroatoms. The van der Waals surface area contributed by atoms with Gasteiger partial charge in [0, 0.05) is 6.54 Å². The zero-order valence-corrected chi connectivity index (χ0v) is 10.7. The molecule has 0 N–H and O–H groups in total. The molecule has 1 aliphatic heterocycles. The number of Topliss-reactive ketones (excluding diaryl/α,β-unsaturated/α-hetero) is 1. The van der Waals surface area contributed by atoms with Gasteiger partial charge in [-0.05, 0) is 37.0 Å². The second kappa shape index (κ2) is 4.76. The van der Waals surface area contributed by atoms with Crippen LogP contribution in [0.2, 0.25) is 0 Å². The van der Waals surface area contributed by atoms with Gasteiger partial charge < -0.3 is 4.90 Å². The monoisotopic (exact) mass is 261 g/mol. The first-order valence-corrected chi connectivity index (χ1v) is 6.82. The molecule has 1 aromatic carbocycles. The summed E-state index contributed by atoms with van der Waals surface area (Å²) in [5.41, 5.74) is 0.780. The predicted molar refractivity (Wildman–Crippen MR) is 69.7 cm³/mol. The molecule has 1 amide bonds.